The van der Waals surface area contributed by atoms with Crippen LogP contribution in [0.4, 0.5) is 5.13 Å². The Kier molecular flexibility index (Phi) is 6.23. The number of hydrogen-bond acceptors (Lipinski definition) is 7. The molecule has 0 saturated heterocycles. The zero-order valence-electron chi connectivity index (χ0n) is 13.6. The minimum atomic E-state index is 0.0143. The van der Waals surface area contributed by atoms with Crippen molar-refractivity contribution < 1.29 is 9.47 Å². The Balaban J connectivity index is 2.21. The van der Waals surface area contributed by atoms with Crippen molar-refractivity contribution in [3.8, 4) is 11.8 Å². The van der Waals surface area contributed by atoms with E-state index in [1.54, 1.807) is 17.6 Å². The van der Waals surface area contributed by atoms with Crippen molar-refractivity contribution in [1.82, 2.24) is 15.2 Å². The summed E-state index contributed by atoms with van der Waals surface area (Å²) in [7, 11) is 0. The topological polar surface area (TPSA) is 69.2 Å². The minimum Gasteiger partial charge on any atom is -0.477 e. The molecular formula is C15H20N4O2S2. The fourth-order valence-corrected chi connectivity index (χ4v) is 2.37. The second-order valence-corrected chi connectivity index (χ2v) is 6.84. The number of aromatic nitrogens is 3. The predicted octanol–water partition coefficient (Wildman–Crippen LogP) is 3.54. The largest absolute Gasteiger partial charge is 0.477 e. The SMILES string of the molecule is CC(C)COc1cc(C(=S)Nc2nncs2)cc(OC(C)C)n1. The Bertz CT molecular complexity index is 645. The first-order valence-electron chi connectivity index (χ1n) is 7.33. The monoisotopic (exact) mass is 352 g/mol. The molecule has 0 saturated carbocycles. The molecular weight excluding hydrogens is 332 g/mol. The average Bonchev–Trinajstić information content (AvgIpc) is 2.97. The maximum absolute atomic E-state index is 5.71. The number of thiocarbonyl (C=S) groups is 1. The summed E-state index contributed by atoms with van der Waals surface area (Å²) in [5.41, 5.74) is 2.40. The molecule has 124 valence electrons. The van der Waals surface area contributed by atoms with Crippen LogP contribution in [0, 0.1) is 5.92 Å². The standard InChI is InChI=1S/C15H20N4O2S2/c1-9(2)7-20-12-5-11(6-13(17-12)21-10(3)4)14(22)18-15-19-16-8-23-15/h5-6,8-10H,7H2,1-4H3,(H,18,19,22). The summed E-state index contributed by atoms with van der Waals surface area (Å²) < 4.78 is 11.4. The van der Waals surface area contributed by atoms with Gasteiger partial charge >= 0.3 is 0 Å². The molecule has 0 unspecified atom stereocenters. The summed E-state index contributed by atoms with van der Waals surface area (Å²) in [4.78, 5) is 4.89. The van der Waals surface area contributed by atoms with E-state index in [0.717, 1.165) is 5.56 Å². The summed E-state index contributed by atoms with van der Waals surface area (Å²) in [5, 5.41) is 11.4. The Morgan fingerprint density at radius 2 is 2.00 bits per heavy atom. The van der Waals surface area contributed by atoms with Crippen molar-refractivity contribution in [3.63, 3.8) is 0 Å². The fourth-order valence-electron chi connectivity index (χ4n) is 1.64. The van der Waals surface area contributed by atoms with Gasteiger partial charge in [-0.2, -0.15) is 4.98 Å². The van der Waals surface area contributed by atoms with Crippen molar-refractivity contribution in [2.45, 2.75) is 33.8 Å². The average molecular weight is 352 g/mol. The van der Waals surface area contributed by atoms with Crippen molar-refractivity contribution in [3.05, 3.63) is 23.2 Å². The molecule has 8 heteroatoms. The van der Waals surface area contributed by atoms with Crippen LogP contribution in [0.15, 0.2) is 17.6 Å². The summed E-state index contributed by atoms with van der Waals surface area (Å²) in [6.07, 6.45) is 0.0143. The molecule has 2 aromatic rings. The summed E-state index contributed by atoms with van der Waals surface area (Å²) >= 11 is 6.81. The molecule has 6 nitrogen and oxygen atoms in total. The molecule has 0 aliphatic carbocycles. The number of rotatable bonds is 7. The summed E-state index contributed by atoms with van der Waals surface area (Å²) in [5.74, 6) is 1.38. The lowest BCUT2D eigenvalue weighted by atomic mass is 10.2. The molecule has 0 atom stereocenters. The molecule has 0 aromatic carbocycles. The van der Waals surface area contributed by atoms with Gasteiger partial charge in [0.1, 0.15) is 10.5 Å². The number of nitrogens with one attached hydrogen (secondary N) is 1. The van der Waals surface area contributed by atoms with Crippen LogP contribution in [-0.4, -0.2) is 32.9 Å². The molecule has 1 N–H and O–H groups in total. The van der Waals surface area contributed by atoms with Crippen LogP contribution in [0.3, 0.4) is 0 Å². The van der Waals surface area contributed by atoms with E-state index in [-0.39, 0.29) is 6.10 Å². The lowest BCUT2D eigenvalue weighted by Gasteiger charge is -2.14. The van der Waals surface area contributed by atoms with Gasteiger partial charge in [0.15, 0.2) is 0 Å². The summed E-state index contributed by atoms with van der Waals surface area (Å²) in [6, 6.07) is 3.59. The second-order valence-electron chi connectivity index (χ2n) is 5.60. The second kappa shape index (κ2) is 8.16. The van der Waals surface area contributed by atoms with Gasteiger partial charge in [0.05, 0.1) is 12.7 Å². The van der Waals surface area contributed by atoms with Gasteiger partial charge in [-0.15, -0.1) is 10.2 Å². The van der Waals surface area contributed by atoms with Crippen LogP contribution in [0.2, 0.25) is 0 Å². The van der Waals surface area contributed by atoms with Gasteiger partial charge in [-0.3, -0.25) is 0 Å². The van der Waals surface area contributed by atoms with E-state index in [1.165, 1.54) is 11.3 Å². The number of anilines is 1. The first-order valence-corrected chi connectivity index (χ1v) is 8.62. The molecule has 0 amide bonds. The van der Waals surface area contributed by atoms with Crippen LogP contribution in [0.1, 0.15) is 33.3 Å². The molecule has 0 radical (unpaired) electrons. The highest BCUT2D eigenvalue weighted by Gasteiger charge is 2.12. The molecule has 2 aromatic heterocycles. The minimum absolute atomic E-state index is 0.0143. The van der Waals surface area contributed by atoms with Crippen LogP contribution >= 0.6 is 23.6 Å². The highest BCUT2D eigenvalue weighted by molar-refractivity contribution is 7.81. The quantitative estimate of drug-likeness (QED) is 0.764. The summed E-state index contributed by atoms with van der Waals surface area (Å²) in [6.45, 7) is 8.63. The van der Waals surface area contributed by atoms with Crippen molar-refractivity contribution in [2.24, 2.45) is 5.92 Å². The van der Waals surface area contributed by atoms with Crippen LogP contribution in [0.5, 0.6) is 11.8 Å². The van der Waals surface area contributed by atoms with Crippen LogP contribution in [0.25, 0.3) is 0 Å². The Morgan fingerprint density at radius 1 is 1.26 bits per heavy atom. The van der Waals surface area contributed by atoms with E-state index < -0.39 is 0 Å². The van der Waals surface area contributed by atoms with Gasteiger partial charge in [-0.1, -0.05) is 37.4 Å². The molecule has 2 rings (SSSR count). The van der Waals surface area contributed by atoms with Crippen molar-refractivity contribution in [2.75, 3.05) is 11.9 Å². The van der Waals surface area contributed by atoms with Gasteiger partial charge in [0.25, 0.3) is 0 Å². The van der Waals surface area contributed by atoms with E-state index in [0.29, 0.717) is 34.4 Å². The third-order valence-corrected chi connectivity index (χ3v) is 3.49. The maximum atomic E-state index is 5.71. The number of hydrogen-bond donors (Lipinski definition) is 1. The third kappa shape index (κ3) is 5.72. The van der Waals surface area contributed by atoms with Crippen LogP contribution in [-0.2, 0) is 0 Å². The molecule has 0 fully saturated rings. The fraction of sp³-hybridized carbons (Fsp3) is 0.467. The molecule has 0 bridgehead atoms. The van der Waals surface area contributed by atoms with Gasteiger partial charge < -0.3 is 14.8 Å². The Hall–Kier alpha value is -1.80. The number of nitrogens with zero attached hydrogens (tertiary/aromatic N) is 3. The van der Waals surface area contributed by atoms with E-state index >= 15 is 0 Å². The lowest BCUT2D eigenvalue weighted by Crippen LogP contribution is -2.14. The van der Waals surface area contributed by atoms with E-state index in [2.05, 4.69) is 34.3 Å². The Labute approximate surface area is 145 Å². The maximum Gasteiger partial charge on any atom is 0.217 e. The first-order chi connectivity index (χ1) is 10.9. The predicted molar refractivity (Wildman–Crippen MR) is 95.6 cm³/mol. The normalized spacial score (nSPS) is 10.9. The highest BCUT2D eigenvalue weighted by atomic mass is 32.1. The molecule has 0 spiro atoms. The lowest BCUT2D eigenvalue weighted by molar-refractivity contribution is 0.221. The van der Waals surface area contributed by atoms with Crippen molar-refractivity contribution in [1.29, 1.82) is 0 Å². The third-order valence-electron chi connectivity index (χ3n) is 2.54. The highest BCUT2D eigenvalue weighted by Crippen LogP contribution is 2.21. The van der Waals surface area contributed by atoms with Gasteiger partial charge in [-0.05, 0) is 19.8 Å². The smallest absolute Gasteiger partial charge is 0.217 e. The van der Waals surface area contributed by atoms with E-state index in [1.807, 2.05) is 13.8 Å². The molecule has 23 heavy (non-hydrogen) atoms. The zero-order valence-corrected chi connectivity index (χ0v) is 15.2. The number of ether oxygens (including phenoxy) is 2. The van der Waals surface area contributed by atoms with E-state index in [9.17, 15) is 0 Å². The van der Waals surface area contributed by atoms with Crippen LogP contribution < -0.4 is 14.8 Å². The number of pyridine rings is 1. The van der Waals surface area contributed by atoms with Gasteiger partial charge in [-0.25, -0.2) is 0 Å². The Morgan fingerprint density at radius 3 is 2.61 bits per heavy atom. The molecule has 0 aliphatic heterocycles. The van der Waals surface area contributed by atoms with Gasteiger partial charge in [0.2, 0.25) is 16.9 Å². The molecule has 0 aliphatic rings. The van der Waals surface area contributed by atoms with E-state index in [4.69, 9.17) is 21.7 Å². The van der Waals surface area contributed by atoms with Gasteiger partial charge in [0, 0.05) is 17.7 Å². The molecule has 2 heterocycles. The van der Waals surface area contributed by atoms with Crippen molar-refractivity contribution >= 4 is 33.7 Å². The zero-order chi connectivity index (χ0) is 16.8. The first kappa shape index (κ1) is 17.6.